The molecule has 0 saturated carbocycles. The average Bonchev–Trinajstić information content (AvgIpc) is 2.49. The molecule has 0 atom stereocenters. The van der Waals surface area contributed by atoms with Crippen LogP contribution in [0.4, 0.5) is 5.69 Å². The van der Waals surface area contributed by atoms with Crippen molar-refractivity contribution in [3.8, 4) is 11.5 Å². The minimum Gasteiger partial charge on any atom is -0.496 e. The summed E-state index contributed by atoms with van der Waals surface area (Å²) >= 11 is 5.93. The number of esters is 1. The summed E-state index contributed by atoms with van der Waals surface area (Å²) in [6, 6.07) is 11.6. The molecule has 2 rings (SSSR count). The Balaban J connectivity index is 2.02. The normalized spacial score (nSPS) is 10.0. The first kappa shape index (κ1) is 16.8. The van der Waals surface area contributed by atoms with Crippen LogP contribution in [-0.4, -0.2) is 19.0 Å². The van der Waals surface area contributed by atoms with Gasteiger partial charge in [-0.3, -0.25) is 9.59 Å². The maximum absolute atomic E-state index is 12.0. The summed E-state index contributed by atoms with van der Waals surface area (Å²) in [6.45, 7) is 1.42. The predicted molar refractivity (Wildman–Crippen MR) is 88.1 cm³/mol. The minimum atomic E-state index is -0.433. The van der Waals surface area contributed by atoms with Crippen molar-refractivity contribution in [3.05, 3.63) is 53.1 Å². The van der Waals surface area contributed by atoms with Gasteiger partial charge in [0.2, 0.25) is 5.91 Å². The summed E-state index contributed by atoms with van der Waals surface area (Å²) in [6.07, 6.45) is 0.0389. The topological polar surface area (TPSA) is 64.6 Å². The van der Waals surface area contributed by atoms with Crippen LogP contribution in [0.2, 0.25) is 5.02 Å². The van der Waals surface area contributed by atoms with Crippen LogP contribution in [0.25, 0.3) is 0 Å². The van der Waals surface area contributed by atoms with Gasteiger partial charge in [0.15, 0.2) is 0 Å². The zero-order chi connectivity index (χ0) is 16.8. The molecule has 0 heterocycles. The number of nitrogens with one attached hydrogen (secondary N) is 1. The molecule has 0 aliphatic rings. The van der Waals surface area contributed by atoms with Crippen LogP contribution in [0.3, 0.4) is 0 Å². The maximum atomic E-state index is 12.0. The van der Waals surface area contributed by atoms with E-state index >= 15 is 0 Å². The van der Waals surface area contributed by atoms with Crippen molar-refractivity contribution in [1.29, 1.82) is 0 Å². The third kappa shape index (κ3) is 5.00. The van der Waals surface area contributed by atoms with E-state index in [9.17, 15) is 9.59 Å². The van der Waals surface area contributed by atoms with Gasteiger partial charge in [-0.15, -0.1) is 0 Å². The van der Waals surface area contributed by atoms with Gasteiger partial charge in [-0.05, 0) is 42.5 Å². The van der Waals surface area contributed by atoms with Crippen molar-refractivity contribution in [1.82, 2.24) is 0 Å². The Labute approximate surface area is 139 Å². The maximum Gasteiger partial charge on any atom is 0.315 e. The van der Waals surface area contributed by atoms with E-state index in [-0.39, 0.29) is 12.3 Å². The van der Waals surface area contributed by atoms with Gasteiger partial charge >= 0.3 is 5.97 Å². The lowest BCUT2D eigenvalue weighted by Gasteiger charge is -2.09. The van der Waals surface area contributed by atoms with Crippen molar-refractivity contribution in [2.45, 2.75) is 13.3 Å². The van der Waals surface area contributed by atoms with Gasteiger partial charge in [0.25, 0.3) is 0 Å². The molecule has 1 N–H and O–H groups in total. The van der Waals surface area contributed by atoms with Crippen LogP contribution < -0.4 is 14.8 Å². The fourth-order valence-corrected chi connectivity index (χ4v) is 2.21. The molecule has 120 valence electrons. The van der Waals surface area contributed by atoms with Crippen LogP contribution in [0.15, 0.2) is 42.5 Å². The van der Waals surface area contributed by atoms with Gasteiger partial charge in [0.1, 0.15) is 11.5 Å². The number of rotatable bonds is 5. The van der Waals surface area contributed by atoms with E-state index in [4.69, 9.17) is 21.1 Å². The van der Waals surface area contributed by atoms with Crippen LogP contribution in [-0.2, 0) is 16.0 Å². The Hall–Kier alpha value is -2.53. The Morgan fingerprint density at radius 3 is 2.43 bits per heavy atom. The number of carbonyl (C=O) groups is 2. The van der Waals surface area contributed by atoms with E-state index < -0.39 is 5.97 Å². The summed E-state index contributed by atoms with van der Waals surface area (Å²) in [5, 5.41) is 3.16. The molecule has 23 heavy (non-hydrogen) atoms. The second-order valence-corrected chi connectivity index (χ2v) is 5.25. The molecule has 0 fully saturated rings. The van der Waals surface area contributed by atoms with Gasteiger partial charge in [-0.2, -0.15) is 0 Å². The van der Waals surface area contributed by atoms with Crippen molar-refractivity contribution in [3.63, 3.8) is 0 Å². The molecule has 5 nitrogen and oxygen atoms in total. The number of anilines is 1. The molecule has 2 aromatic carbocycles. The quantitative estimate of drug-likeness (QED) is 0.672. The van der Waals surface area contributed by atoms with E-state index in [0.29, 0.717) is 27.8 Å². The predicted octanol–water partition coefficient (Wildman–Crippen LogP) is 3.46. The van der Waals surface area contributed by atoms with Crippen LogP contribution in [0.5, 0.6) is 11.5 Å². The van der Waals surface area contributed by atoms with Gasteiger partial charge in [-0.1, -0.05) is 11.6 Å². The monoisotopic (exact) mass is 333 g/mol. The number of halogens is 1. The van der Waals surface area contributed by atoms with E-state index in [1.165, 1.54) is 14.0 Å². The summed E-state index contributed by atoms with van der Waals surface area (Å²) in [7, 11) is 1.53. The lowest BCUT2D eigenvalue weighted by Crippen LogP contribution is -2.12. The molecular weight excluding hydrogens is 318 g/mol. The number of benzene rings is 2. The molecule has 0 aliphatic carbocycles. The van der Waals surface area contributed by atoms with Crippen LogP contribution >= 0.6 is 11.6 Å². The highest BCUT2D eigenvalue weighted by atomic mass is 35.5. The molecule has 0 aliphatic heterocycles. The second kappa shape index (κ2) is 7.65. The highest BCUT2D eigenvalue weighted by molar-refractivity contribution is 6.30. The number of hydrogen-bond acceptors (Lipinski definition) is 4. The van der Waals surface area contributed by atoms with Gasteiger partial charge in [0.05, 0.1) is 13.5 Å². The van der Waals surface area contributed by atoms with Crippen LogP contribution in [0.1, 0.15) is 12.5 Å². The van der Waals surface area contributed by atoms with Crippen molar-refractivity contribution < 1.29 is 19.1 Å². The van der Waals surface area contributed by atoms with Gasteiger partial charge in [0, 0.05) is 23.2 Å². The minimum absolute atomic E-state index is 0.0389. The third-order valence-corrected chi connectivity index (χ3v) is 3.22. The van der Waals surface area contributed by atoms with Crippen molar-refractivity contribution in [2.24, 2.45) is 0 Å². The van der Waals surface area contributed by atoms with Crippen molar-refractivity contribution >= 4 is 29.2 Å². The Kier molecular flexibility index (Phi) is 5.60. The van der Waals surface area contributed by atoms with Gasteiger partial charge < -0.3 is 14.8 Å². The molecule has 0 saturated heterocycles. The van der Waals surface area contributed by atoms with Gasteiger partial charge in [-0.25, -0.2) is 0 Å². The Morgan fingerprint density at radius 2 is 1.83 bits per heavy atom. The van der Waals surface area contributed by atoms with E-state index in [0.717, 1.165) is 0 Å². The fraction of sp³-hybridized carbons (Fsp3) is 0.176. The SMILES string of the molecule is COc1ccc(Cl)cc1CC(=O)Oc1ccc(NC(C)=O)cc1. The molecular formula is C17H16ClNO4. The second-order valence-electron chi connectivity index (χ2n) is 4.81. The third-order valence-electron chi connectivity index (χ3n) is 2.98. The molecule has 0 spiro atoms. The standard InChI is InChI=1S/C17H16ClNO4/c1-11(20)19-14-4-6-15(7-5-14)23-17(21)10-12-9-13(18)3-8-16(12)22-2/h3-9H,10H2,1-2H3,(H,19,20). The lowest BCUT2D eigenvalue weighted by atomic mass is 10.1. The Bertz CT molecular complexity index is 713. The zero-order valence-corrected chi connectivity index (χ0v) is 13.5. The molecule has 6 heteroatoms. The summed E-state index contributed by atoms with van der Waals surface area (Å²) in [5.41, 5.74) is 1.29. The molecule has 1 amide bonds. The number of carbonyl (C=O) groups excluding carboxylic acids is 2. The number of hydrogen-bond donors (Lipinski definition) is 1. The number of ether oxygens (including phenoxy) is 2. The van der Waals surface area contributed by atoms with Crippen molar-refractivity contribution in [2.75, 3.05) is 12.4 Å². The smallest absolute Gasteiger partial charge is 0.315 e. The first-order chi connectivity index (χ1) is 11.0. The molecule has 0 bridgehead atoms. The highest BCUT2D eigenvalue weighted by Crippen LogP contribution is 2.24. The average molecular weight is 334 g/mol. The number of amides is 1. The van der Waals surface area contributed by atoms with E-state index in [2.05, 4.69) is 5.32 Å². The molecule has 0 unspecified atom stereocenters. The molecule has 2 aromatic rings. The summed E-state index contributed by atoms with van der Waals surface area (Å²) < 4.78 is 10.5. The first-order valence-electron chi connectivity index (χ1n) is 6.88. The summed E-state index contributed by atoms with van der Waals surface area (Å²) in [4.78, 5) is 23.0. The first-order valence-corrected chi connectivity index (χ1v) is 7.26. The largest absolute Gasteiger partial charge is 0.496 e. The van der Waals surface area contributed by atoms with Crippen LogP contribution in [0, 0.1) is 0 Å². The van der Waals surface area contributed by atoms with E-state index in [1.54, 1.807) is 42.5 Å². The highest BCUT2D eigenvalue weighted by Gasteiger charge is 2.11. The summed E-state index contributed by atoms with van der Waals surface area (Å²) in [5.74, 6) is 0.373. The van der Waals surface area contributed by atoms with E-state index in [1.807, 2.05) is 0 Å². The Morgan fingerprint density at radius 1 is 1.13 bits per heavy atom. The molecule has 0 radical (unpaired) electrons. The zero-order valence-electron chi connectivity index (χ0n) is 12.8. The lowest BCUT2D eigenvalue weighted by molar-refractivity contribution is -0.133. The molecule has 0 aromatic heterocycles. The number of methoxy groups -OCH3 is 1. The fourth-order valence-electron chi connectivity index (χ4n) is 2.02.